The molecule has 0 spiro atoms. The number of hydrogen-bond acceptors (Lipinski definition) is 5. The van der Waals surface area contributed by atoms with E-state index in [9.17, 15) is 19.4 Å². The fourth-order valence-corrected chi connectivity index (χ4v) is 8.83. The number of carbonyl (C=O) groups excluding carboxylic acids is 1. The van der Waals surface area contributed by atoms with Crippen LogP contribution in [0, 0.1) is 0 Å². The first-order chi connectivity index (χ1) is 32.5. The van der Waals surface area contributed by atoms with Crippen LogP contribution < -0.4 is 5.32 Å². The van der Waals surface area contributed by atoms with Crippen LogP contribution in [0.3, 0.4) is 0 Å². The standard InChI is InChI=1S/C58H109N2O6P/c1-6-8-10-12-14-16-18-20-22-24-26-28-30-32-34-36-38-40-42-44-46-48-50-52-58(62)59-56(55-66-67(63,64)65-54-53-60(3,4)5)57(61)51-49-47-45-43-41-39-37-35-33-31-29-27-25-23-21-19-17-15-13-11-9-7-2/h8,10,14,16,20,22,26,28,49,51,56-57,61H,6-7,9,11-13,15,17-19,21,23-25,27,29-48,50,52-55H2,1-5H3,(H-,59,62,63,64)/p+1/b10-8-,16-14-,22-20-,28-26-,51-49+. The van der Waals surface area contributed by atoms with E-state index < -0.39 is 20.0 Å². The van der Waals surface area contributed by atoms with Gasteiger partial charge in [0, 0.05) is 6.42 Å². The van der Waals surface area contributed by atoms with Crippen LogP contribution in [0.15, 0.2) is 60.8 Å². The Labute approximate surface area is 415 Å². The molecule has 0 aromatic rings. The molecule has 67 heavy (non-hydrogen) atoms. The third-order valence-electron chi connectivity index (χ3n) is 12.5. The predicted octanol–water partition coefficient (Wildman–Crippen LogP) is 16.9. The van der Waals surface area contributed by atoms with E-state index in [0.29, 0.717) is 17.4 Å². The Hall–Kier alpha value is -1.80. The molecule has 3 atom stereocenters. The number of phosphoric ester groups is 1. The Bertz CT molecular complexity index is 1270. The van der Waals surface area contributed by atoms with Crippen molar-refractivity contribution in [3.05, 3.63) is 60.8 Å². The van der Waals surface area contributed by atoms with E-state index in [2.05, 4.69) is 67.8 Å². The van der Waals surface area contributed by atoms with Crippen molar-refractivity contribution in [3.63, 3.8) is 0 Å². The normalized spacial score (nSPS) is 14.4. The molecule has 0 radical (unpaired) electrons. The maximum Gasteiger partial charge on any atom is 0.472 e. The minimum atomic E-state index is -4.35. The molecule has 0 rings (SSSR count). The van der Waals surface area contributed by atoms with E-state index in [0.717, 1.165) is 64.2 Å². The molecule has 8 nitrogen and oxygen atoms in total. The number of nitrogens with one attached hydrogen (secondary N) is 1. The molecule has 1 amide bonds. The van der Waals surface area contributed by atoms with Gasteiger partial charge in [-0.3, -0.25) is 13.8 Å². The molecular formula is C58H110N2O6P+. The summed E-state index contributed by atoms with van der Waals surface area (Å²) >= 11 is 0. The number of aliphatic hydroxyl groups excluding tert-OH is 1. The number of allylic oxidation sites excluding steroid dienone is 9. The van der Waals surface area contributed by atoms with E-state index in [1.54, 1.807) is 6.08 Å². The molecule has 0 aliphatic rings. The highest BCUT2D eigenvalue weighted by atomic mass is 31.2. The van der Waals surface area contributed by atoms with Gasteiger partial charge >= 0.3 is 7.82 Å². The van der Waals surface area contributed by atoms with Crippen molar-refractivity contribution in [2.45, 2.75) is 264 Å². The average Bonchev–Trinajstić information content (AvgIpc) is 3.29. The Morgan fingerprint density at radius 3 is 1.31 bits per heavy atom. The quantitative estimate of drug-likeness (QED) is 0.0243. The van der Waals surface area contributed by atoms with E-state index >= 15 is 0 Å². The average molecular weight is 962 g/mol. The molecule has 3 N–H and O–H groups in total. The lowest BCUT2D eigenvalue weighted by molar-refractivity contribution is -0.870. The van der Waals surface area contributed by atoms with Crippen molar-refractivity contribution in [1.82, 2.24) is 5.32 Å². The van der Waals surface area contributed by atoms with E-state index in [-0.39, 0.29) is 19.1 Å². The van der Waals surface area contributed by atoms with Crippen molar-refractivity contribution >= 4 is 13.7 Å². The lowest BCUT2D eigenvalue weighted by Crippen LogP contribution is -2.45. The van der Waals surface area contributed by atoms with Crippen LogP contribution >= 0.6 is 7.82 Å². The summed E-state index contributed by atoms with van der Waals surface area (Å²) in [5, 5.41) is 13.9. The lowest BCUT2D eigenvalue weighted by atomic mass is 10.0. The van der Waals surface area contributed by atoms with Crippen LogP contribution in [-0.4, -0.2) is 73.4 Å². The number of unbranched alkanes of at least 4 members (excludes halogenated alkanes) is 30. The SMILES string of the molecule is CC/C=C\C/C=C\C/C=C\C/C=C\CCCCCCCCCCCCC(=O)NC(COP(=O)(O)OCC[N+](C)(C)C)C(O)/C=C/CCCCCCCCCCCCCCCCCCCCCC. The highest BCUT2D eigenvalue weighted by Gasteiger charge is 2.27. The third-order valence-corrected chi connectivity index (χ3v) is 13.5. The van der Waals surface area contributed by atoms with Crippen molar-refractivity contribution in [3.8, 4) is 0 Å². The second-order valence-corrected chi connectivity index (χ2v) is 21.7. The summed E-state index contributed by atoms with van der Waals surface area (Å²) in [7, 11) is 1.57. The first-order valence-corrected chi connectivity index (χ1v) is 29.7. The minimum absolute atomic E-state index is 0.0590. The van der Waals surface area contributed by atoms with Crippen molar-refractivity contribution in [1.29, 1.82) is 0 Å². The molecule has 0 fully saturated rings. The highest BCUT2D eigenvalue weighted by molar-refractivity contribution is 7.47. The third kappa shape index (κ3) is 51.9. The van der Waals surface area contributed by atoms with Crippen LogP contribution in [0.1, 0.15) is 251 Å². The summed E-state index contributed by atoms with van der Waals surface area (Å²) in [6.07, 6.45) is 65.9. The number of quaternary nitrogens is 1. The summed E-state index contributed by atoms with van der Waals surface area (Å²) in [6, 6.07) is -0.852. The molecule has 9 heteroatoms. The van der Waals surface area contributed by atoms with Crippen LogP contribution in [-0.2, 0) is 18.4 Å². The van der Waals surface area contributed by atoms with Gasteiger partial charge in [-0.25, -0.2) is 4.57 Å². The fourth-order valence-electron chi connectivity index (χ4n) is 8.09. The van der Waals surface area contributed by atoms with Crippen molar-refractivity contribution in [2.75, 3.05) is 40.9 Å². The van der Waals surface area contributed by atoms with Crippen LogP contribution in [0.5, 0.6) is 0 Å². The fraction of sp³-hybridized carbons (Fsp3) is 0.810. The number of likely N-dealkylation sites (N-methyl/N-ethyl adjacent to an activating group) is 1. The van der Waals surface area contributed by atoms with E-state index in [1.165, 1.54) is 167 Å². The number of hydrogen-bond donors (Lipinski definition) is 3. The maximum absolute atomic E-state index is 13.0. The van der Waals surface area contributed by atoms with Gasteiger partial charge in [-0.1, -0.05) is 248 Å². The van der Waals surface area contributed by atoms with Crippen LogP contribution in [0.4, 0.5) is 0 Å². The predicted molar refractivity (Wildman–Crippen MR) is 290 cm³/mol. The summed E-state index contributed by atoms with van der Waals surface area (Å²) in [6.45, 7) is 4.72. The topological polar surface area (TPSA) is 105 Å². The van der Waals surface area contributed by atoms with Gasteiger partial charge in [0.2, 0.25) is 5.91 Å². The largest absolute Gasteiger partial charge is 0.472 e. The molecule has 0 heterocycles. The number of nitrogens with zero attached hydrogens (tertiary/aromatic N) is 1. The first kappa shape index (κ1) is 65.2. The maximum atomic E-state index is 13.0. The second-order valence-electron chi connectivity index (χ2n) is 20.3. The minimum Gasteiger partial charge on any atom is -0.387 e. The molecular weight excluding hydrogens is 852 g/mol. The monoisotopic (exact) mass is 962 g/mol. The second kappa shape index (κ2) is 49.2. The molecule has 0 bridgehead atoms. The number of amides is 1. The van der Waals surface area contributed by atoms with Gasteiger partial charge in [0.05, 0.1) is 39.9 Å². The van der Waals surface area contributed by atoms with Gasteiger partial charge in [-0.2, -0.15) is 0 Å². The Kier molecular flexibility index (Phi) is 47.9. The van der Waals surface area contributed by atoms with Gasteiger partial charge in [-0.05, 0) is 57.8 Å². The Balaban J connectivity index is 4.25. The van der Waals surface area contributed by atoms with Crippen LogP contribution in [0.2, 0.25) is 0 Å². The molecule has 392 valence electrons. The zero-order valence-corrected chi connectivity index (χ0v) is 45.5. The van der Waals surface area contributed by atoms with Gasteiger partial charge in [0.25, 0.3) is 0 Å². The van der Waals surface area contributed by atoms with Crippen LogP contribution in [0.25, 0.3) is 0 Å². The molecule has 3 unspecified atom stereocenters. The zero-order valence-electron chi connectivity index (χ0n) is 44.6. The number of rotatable bonds is 51. The molecule has 0 saturated carbocycles. The number of phosphoric acid groups is 1. The first-order valence-electron chi connectivity index (χ1n) is 28.2. The van der Waals surface area contributed by atoms with Gasteiger partial charge in [0.15, 0.2) is 0 Å². The van der Waals surface area contributed by atoms with Gasteiger partial charge in [0.1, 0.15) is 13.2 Å². The summed E-state index contributed by atoms with van der Waals surface area (Å²) in [5.74, 6) is -0.181. The molecule has 0 saturated heterocycles. The summed E-state index contributed by atoms with van der Waals surface area (Å²) in [4.78, 5) is 23.3. The smallest absolute Gasteiger partial charge is 0.387 e. The number of carbonyl (C=O) groups is 1. The summed E-state index contributed by atoms with van der Waals surface area (Å²) in [5.41, 5.74) is 0. The van der Waals surface area contributed by atoms with Gasteiger partial charge in [-0.15, -0.1) is 0 Å². The number of aliphatic hydroxyl groups is 1. The lowest BCUT2D eigenvalue weighted by Gasteiger charge is -2.25. The highest BCUT2D eigenvalue weighted by Crippen LogP contribution is 2.43. The van der Waals surface area contributed by atoms with Crippen molar-refractivity contribution in [2.24, 2.45) is 0 Å². The molecule has 0 aliphatic heterocycles. The van der Waals surface area contributed by atoms with E-state index in [4.69, 9.17) is 9.05 Å². The zero-order chi connectivity index (χ0) is 49.2. The molecule has 0 aromatic heterocycles. The Morgan fingerprint density at radius 2 is 0.896 bits per heavy atom. The Morgan fingerprint density at radius 1 is 0.522 bits per heavy atom. The summed E-state index contributed by atoms with van der Waals surface area (Å²) < 4.78 is 23.7. The van der Waals surface area contributed by atoms with Crippen molar-refractivity contribution < 1.29 is 32.9 Å². The molecule has 0 aromatic carbocycles. The van der Waals surface area contributed by atoms with Gasteiger partial charge < -0.3 is 19.8 Å². The molecule has 0 aliphatic carbocycles. The van der Waals surface area contributed by atoms with E-state index in [1.807, 2.05) is 27.2 Å².